The highest BCUT2D eigenvalue weighted by Gasteiger charge is 2.33. The maximum absolute atomic E-state index is 11.7. The van der Waals surface area contributed by atoms with E-state index in [2.05, 4.69) is 5.32 Å². The van der Waals surface area contributed by atoms with Crippen molar-refractivity contribution >= 4 is 11.8 Å². The first-order valence-electron chi connectivity index (χ1n) is 4.77. The molecule has 2 rings (SSSR count). The lowest BCUT2D eigenvalue weighted by atomic mass is 10.0. The van der Waals surface area contributed by atoms with Gasteiger partial charge in [-0.05, 0) is 19.3 Å². The third-order valence-corrected chi connectivity index (χ3v) is 2.68. The molecular formula is C9H13N3O2. The molecule has 0 aliphatic carbocycles. The van der Waals surface area contributed by atoms with Crippen molar-refractivity contribution in [2.45, 2.75) is 25.4 Å². The van der Waals surface area contributed by atoms with Crippen molar-refractivity contribution in [2.75, 3.05) is 6.54 Å². The Morgan fingerprint density at radius 3 is 3.07 bits per heavy atom. The number of fused-ring (bicyclic) bond motifs is 1. The smallest absolute Gasteiger partial charge is 0.262 e. The van der Waals surface area contributed by atoms with E-state index >= 15 is 0 Å². The Balaban J connectivity index is 2.22. The van der Waals surface area contributed by atoms with Gasteiger partial charge in [-0.25, -0.2) is 0 Å². The minimum atomic E-state index is -0.661. The van der Waals surface area contributed by atoms with Gasteiger partial charge >= 0.3 is 0 Å². The number of nitrogens with one attached hydrogen (secondary N) is 1. The monoisotopic (exact) mass is 195 g/mol. The van der Waals surface area contributed by atoms with Crippen LogP contribution in [-0.4, -0.2) is 29.4 Å². The molecule has 2 aliphatic heterocycles. The van der Waals surface area contributed by atoms with Crippen LogP contribution in [0.15, 0.2) is 11.8 Å². The lowest BCUT2D eigenvalue weighted by Crippen LogP contribution is -2.54. The first-order valence-corrected chi connectivity index (χ1v) is 4.77. The summed E-state index contributed by atoms with van der Waals surface area (Å²) in [4.78, 5) is 24.3. The van der Waals surface area contributed by atoms with E-state index in [4.69, 9.17) is 5.73 Å². The highest BCUT2D eigenvalue weighted by molar-refractivity contribution is 6.18. The van der Waals surface area contributed by atoms with Gasteiger partial charge in [-0.15, -0.1) is 0 Å². The van der Waals surface area contributed by atoms with Gasteiger partial charge in [0.05, 0.1) is 0 Å². The van der Waals surface area contributed by atoms with Crippen molar-refractivity contribution in [3.05, 3.63) is 11.8 Å². The maximum atomic E-state index is 11.7. The molecule has 0 radical (unpaired) electrons. The Morgan fingerprint density at radius 2 is 2.36 bits per heavy atom. The summed E-state index contributed by atoms with van der Waals surface area (Å²) in [5.74, 6) is -0.896. The van der Waals surface area contributed by atoms with Gasteiger partial charge in [-0.1, -0.05) is 0 Å². The maximum Gasteiger partial charge on any atom is 0.262 e. The highest BCUT2D eigenvalue weighted by atomic mass is 16.2. The van der Waals surface area contributed by atoms with Crippen LogP contribution < -0.4 is 11.1 Å². The molecule has 1 saturated heterocycles. The van der Waals surface area contributed by atoms with E-state index in [1.165, 1.54) is 6.20 Å². The zero-order valence-corrected chi connectivity index (χ0v) is 7.82. The molecule has 2 amide bonds. The van der Waals surface area contributed by atoms with E-state index in [0.717, 1.165) is 19.3 Å². The molecule has 5 heteroatoms. The average Bonchev–Trinajstić information content (AvgIpc) is 2.18. The third kappa shape index (κ3) is 1.34. The van der Waals surface area contributed by atoms with Gasteiger partial charge in [0.25, 0.3) is 11.8 Å². The molecule has 0 aromatic carbocycles. The first-order chi connectivity index (χ1) is 6.70. The Labute approximate surface area is 81.9 Å². The van der Waals surface area contributed by atoms with Crippen molar-refractivity contribution in [1.29, 1.82) is 0 Å². The number of rotatable bonds is 1. The van der Waals surface area contributed by atoms with E-state index < -0.39 is 5.91 Å². The molecule has 2 aliphatic rings. The van der Waals surface area contributed by atoms with E-state index in [0.29, 0.717) is 6.54 Å². The molecule has 0 bridgehead atoms. The van der Waals surface area contributed by atoms with Crippen LogP contribution in [0.3, 0.4) is 0 Å². The van der Waals surface area contributed by atoms with Crippen LogP contribution in [0.2, 0.25) is 0 Å². The van der Waals surface area contributed by atoms with Gasteiger partial charge in [0.2, 0.25) is 0 Å². The van der Waals surface area contributed by atoms with Crippen molar-refractivity contribution in [3.63, 3.8) is 0 Å². The number of hydrogen-bond acceptors (Lipinski definition) is 3. The molecule has 14 heavy (non-hydrogen) atoms. The summed E-state index contributed by atoms with van der Waals surface area (Å²) in [6.45, 7) is 0.709. The normalized spacial score (nSPS) is 26.3. The summed E-state index contributed by atoms with van der Waals surface area (Å²) in [7, 11) is 0. The second-order valence-electron chi connectivity index (χ2n) is 3.60. The van der Waals surface area contributed by atoms with Gasteiger partial charge in [0.15, 0.2) is 0 Å². The van der Waals surface area contributed by atoms with Crippen molar-refractivity contribution < 1.29 is 9.59 Å². The number of carbonyl (C=O) groups is 2. The molecule has 0 saturated carbocycles. The minimum absolute atomic E-state index is 0.0550. The van der Waals surface area contributed by atoms with E-state index in [-0.39, 0.29) is 17.6 Å². The molecule has 1 atom stereocenters. The number of hydrogen-bond donors (Lipinski definition) is 2. The molecule has 5 nitrogen and oxygen atoms in total. The molecule has 0 spiro atoms. The van der Waals surface area contributed by atoms with Crippen LogP contribution in [0, 0.1) is 0 Å². The van der Waals surface area contributed by atoms with Crippen LogP contribution in [0.25, 0.3) is 0 Å². The Hall–Kier alpha value is -1.52. The van der Waals surface area contributed by atoms with Crippen molar-refractivity contribution in [3.8, 4) is 0 Å². The highest BCUT2D eigenvalue weighted by Crippen LogP contribution is 2.20. The minimum Gasteiger partial charge on any atom is -0.370 e. The Morgan fingerprint density at radius 1 is 1.57 bits per heavy atom. The number of amides is 2. The molecule has 76 valence electrons. The number of nitrogens with two attached hydrogens (primary N) is 1. The summed E-state index contributed by atoms with van der Waals surface area (Å²) >= 11 is 0. The van der Waals surface area contributed by atoms with Gasteiger partial charge in [-0.3, -0.25) is 9.59 Å². The summed E-state index contributed by atoms with van der Waals surface area (Å²) in [6, 6.07) is 0. The number of piperidine rings is 1. The quantitative estimate of drug-likeness (QED) is 0.543. The second kappa shape index (κ2) is 3.32. The van der Waals surface area contributed by atoms with E-state index in [1.807, 2.05) is 0 Å². The van der Waals surface area contributed by atoms with Crippen LogP contribution in [0.1, 0.15) is 19.3 Å². The largest absolute Gasteiger partial charge is 0.370 e. The van der Waals surface area contributed by atoms with Crippen LogP contribution in [-0.2, 0) is 9.59 Å². The topological polar surface area (TPSA) is 75.4 Å². The summed E-state index contributed by atoms with van der Waals surface area (Å²) in [5.41, 5.74) is 5.14. The fraction of sp³-hybridized carbons (Fsp3) is 0.556. The van der Waals surface area contributed by atoms with Gasteiger partial charge in [0, 0.05) is 12.7 Å². The zero-order valence-electron chi connectivity index (χ0n) is 7.82. The van der Waals surface area contributed by atoms with E-state index in [9.17, 15) is 9.59 Å². The standard InChI is InChI=1S/C9H13N3O2/c10-8(13)6-5-11-7-3-1-2-4-12(7)9(6)14/h5,7,11H,1-4H2,(H2,10,13). The average molecular weight is 195 g/mol. The molecule has 3 N–H and O–H groups in total. The fourth-order valence-electron chi connectivity index (χ4n) is 1.92. The molecule has 2 heterocycles. The van der Waals surface area contributed by atoms with Crippen molar-refractivity contribution in [1.82, 2.24) is 10.2 Å². The lowest BCUT2D eigenvalue weighted by Gasteiger charge is -2.38. The molecular weight excluding hydrogens is 182 g/mol. The summed E-state index contributed by atoms with van der Waals surface area (Å²) in [6.07, 6.45) is 4.54. The number of carbonyl (C=O) groups excluding carboxylic acids is 2. The van der Waals surface area contributed by atoms with Crippen LogP contribution in [0.4, 0.5) is 0 Å². The Bertz CT molecular complexity index is 311. The fourth-order valence-corrected chi connectivity index (χ4v) is 1.92. The predicted octanol–water partition coefficient (Wildman–Crippen LogP) is -0.703. The Kier molecular flexibility index (Phi) is 2.15. The first kappa shape index (κ1) is 9.05. The van der Waals surface area contributed by atoms with Crippen molar-refractivity contribution in [2.24, 2.45) is 5.73 Å². The predicted molar refractivity (Wildman–Crippen MR) is 49.8 cm³/mol. The molecule has 1 fully saturated rings. The van der Waals surface area contributed by atoms with E-state index in [1.54, 1.807) is 4.90 Å². The summed E-state index contributed by atoms with van der Waals surface area (Å²) < 4.78 is 0. The zero-order chi connectivity index (χ0) is 10.1. The van der Waals surface area contributed by atoms with Gasteiger partial charge in [0.1, 0.15) is 11.7 Å². The van der Waals surface area contributed by atoms with Gasteiger partial charge < -0.3 is 16.0 Å². The van der Waals surface area contributed by atoms with Crippen LogP contribution >= 0.6 is 0 Å². The molecule has 0 aromatic heterocycles. The molecule has 0 aromatic rings. The molecule has 1 unspecified atom stereocenters. The number of nitrogens with zero attached hydrogens (tertiary/aromatic N) is 1. The van der Waals surface area contributed by atoms with Gasteiger partial charge in [-0.2, -0.15) is 0 Å². The second-order valence-corrected chi connectivity index (χ2v) is 3.60. The third-order valence-electron chi connectivity index (χ3n) is 2.68. The van der Waals surface area contributed by atoms with Crippen LogP contribution in [0.5, 0.6) is 0 Å². The summed E-state index contributed by atoms with van der Waals surface area (Å²) in [5, 5.41) is 3.03. The lowest BCUT2D eigenvalue weighted by molar-refractivity contribution is -0.134. The number of primary amides is 1. The SMILES string of the molecule is NC(=O)C1=CNC2CCCCN2C1=O.